The van der Waals surface area contributed by atoms with E-state index in [0.29, 0.717) is 22.8 Å². The molecule has 0 saturated heterocycles. The monoisotopic (exact) mass is 459 g/mol. The lowest BCUT2D eigenvalue weighted by molar-refractivity contribution is 0.0939. The number of amides is 2. The van der Waals surface area contributed by atoms with Crippen molar-refractivity contribution in [1.29, 1.82) is 0 Å². The van der Waals surface area contributed by atoms with Crippen LogP contribution in [-0.2, 0) is 25.7 Å². The number of hydrogen-bond donors (Lipinski definition) is 2. The summed E-state index contributed by atoms with van der Waals surface area (Å²) in [6.07, 6.45) is 5.45. The predicted octanol–water partition coefficient (Wildman–Crippen LogP) is 5.01. The van der Waals surface area contributed by atoms with E-state index >= 15 is 0 Å². The van der Waals surface area contributed by atoms with Crippen LogP contribution < -0.4 is 11.1 Å². The third-order valence-electron chi connectivity index (χ3n) is 6.66. The highest BCUT2D eigenvalue weighted by molar-refractivity contribution is 7.17. The standard InChI is InChI=1S/C27H29N3O2S/c1-15(2)14-21-25(26(28)31)24(18-8-5-9-19(18)29-21)22-12-13-23(33-22)27(32)30-20-11-10-16-6-3-4-7-17(16)20/h3-4,6-7,12-13,15,20H,5,8-11,14H2,1-2H3,(H2,28,31)(H,30,32). The number of primary amides is 1. The lowest BCUT2D eigenvalue weighted by atomic mass is 9.93. The molecule has 2 heterocycles. The molecular formula is C27H29N3O2S. The number of benzene rings is 1. The molecule has 1 unspecified atom stereocenters. The Kier molecular flexibility index (Phi) is 5.79. The number of fused-ring (bicyclic) bond motifs is 2. The van der Waals surface area contributed by atoms with E-state index in [2.05, 4.69) is 31.3 Å². The predicted molar refractivity (Wildman–Crippen MR) is 132 cm³/mol. The number of nitrogens with one attached hydrogen (secondary N) is 1. The zero-order valence-electron chi connectivity index (χ0n) is 19.1. The van der Waals surface area contributed by atoms with Gasteiger partial charge in [0.2, 0.25) is 0 Å². The summed E-state index contributed by atoms with van der Waals surface area (Å²) in [4.78, 5) is 32.1. The third kappa shape index (κ3) is 4.08. The fourth-order valence-electron chi connectivity index (χ4n) is 5.24. The second kappa shape index (κ2) is 8.75. The van der Waals surface area contributed by atoms with E-state index in [-0.39, 0.29) is 11.9 Å². The second-order valence-corrected chi connectivity index (χ2v) is 10.6. The normalized spacial score (nSPS) is 16.6. The topological polar surface area (TPSA) is 85.1 Å². The molecule has 1 atom stereocenters. The summed E-state index contributed by atoms with van der Waals surface area (Å²) in [5.74, 6) is -0.145. The maximum Gasteiger partial charge on any atom is 0.261 e. The van der Waals surface area contributed by atoms with Crippen LogP contribution in [-0.4, -0.2) is 16.8 Å². The number of aryl methyl sites for hydroxylation is 2. The Hall–Kier alpha value is -2.99. The van der Waals surface area contributed by atoms with E-state index in [9.17, 15) is 9.59 Å². The first kappa shape index (κ1) is 21.8. The van der Waals surface area contributed by atoms with Gasteiger partial charge in [-0.2, -0.15) is 0 Å². The van der Waals surface area contributed by atoms with Gasteiger partial charge in [-0.3, -0.25) is 14.6 Å². The molecule has 33 heavy (non-hydrogen) atoms. The molecule has 2 aromatic heterocycles. The Morgan fingerprint density at radius 2 is 1.97 bits per heavy atom. The number of nitrogens with two attached hydrogens (primary N) is 1. The highest BCUT2D eigenvalue weighted by atomic mass is 32.1. The number of carbonyl (C=O) groups is 2. The lowest BCUT2D eigenvalue weighted by Crippen LogP contribution is -2.26. The highest BCUT2D eigenvalue weighted by Gasteiger charge is 2.29. The quantitative estimate of drug-likeness (QED) is 0.543. The fourth-order valence-corrected chi connectivity index (χ4v) is 6.22. The summed E-state index contributed by atoms with van der Waals surface area (Å²) in [5.41, 5.74) is 12.8. The minimum atomic E-state index is -0.440. The van der Waals surface area contributed by atoms with Crippen LogP contribution in [0.2, 0.25) is 0 Å². The van der Waals surface area contributed by atoms with Crippen molar-refractivity contribution in [3.05, 3.63) is 74.9 Å². The number of thiophene rings is 1. The molecule has 2 aliphatic rings. The Labute approximate surface area is 198 Å². The molecule has 2 aliphatic carbocycles. The maximum atomic E-state index is 13.1. The van der Waals surface area contributed by atoms with E-state index < -0.39 is 5.91 Å². The van der Waals surface area contributed by atoms with Gasteiger partial charge in [-0.1, -0.05) is 38.1 Å². The Bertz CT molecular complexity index is 1240. The van der Waals surface area contributed by atoms with E-state index in [1.807, 2.05) is 24.3 Å². The zero-order chi connectivity index (χ0) is 23.1. The highest BCUT2D eigenvalue weighted by Crippen LogP contribution is 2.40. The smallest absolute Gasteiger partial charge is 0.261 e. The maximum absolute atomic E-state index is 13.1. The van der Waals surface area contributed by atoms with Crippen molar-refractivity contribution in [2.45, 2.75) is 58.4 Å². The van der Waals surface area contributed by atoms with Crippen molar-refractivity contribution in [2.75, 3.05) is 0 Å². The Balaban J connectivity index is 1.49. The van der Waals surface area contributed by atoms with Crippen LogP contribution >= 0.6 is 11.3 Å². The van der Waals surface area contributed by atoms with Gasteiger partial charge in [0, 0.05) is 16.1 Å². The molecule has 3 N–H and O–H groups in total. The average Bonchev–Trinajstić information content (AvgIpc) is 3.52. The van der Waals surface area contributed by atoms with Crippen LogP contribution in [0, 0.1) is 5.92 Å². The molecule has 5 nitrogen and oxygen atoms in total. The van der Waals surface area contributed by atoms with Gasteiger partial charge in [-0.15, -0.1) is 11.3 Å². The molecule has 1 aromatic carbocycles. The number of pyridine rings is 1. The van der Waals surface area contributed by atoms with Crippen LogP contribution in [0.4, 0.5) is 0 Å². The second-order valence-electron chi connectivity index (χ2n) is 9.48. The van der Waals surface area contributed by atoms with Crippen LogP contribution in [0.3, 0.4) is 0 Å². The van der Waals surface area contributed by atoms with Crippen LogP contribution in [0.1, 0.15) is 80.8 Å². The molecule has 0 bridgehead atoms. The molecule has 0 aliphatic heterocycles. The lowest BCUT2D eigenvalue weighted by Gasteiger charge is -2.17. The number of hydrogen-bond acceptors (Lipinski definition) is 4. The first-order valence-corrected chi connectivity index (χ1v) is 12.6. The minimum absolute atomic E-state index is 0.0447. The van der Waals surface area contributed by atoms with E-state index in [1.165, 1.54) is 22.5 Å². The average molecular weight is 460 g/mol. The van der Waals surface area contributed by atoms with Gasteiger partial charge in [-0.05, 0) is 73.3 Å². The fraction of sp³-hybridized carbons (Fsp3) is 0.370. The van der Waals surface area contributed by atoms with Crippen LogP contribution in [0.5, 0.6) is 0 Å². The molecule has 5 rings (SSSR count). The summed E-state index contributed by atoms with van der Waals surface area (Å²) in [6.45, 7) is 4.24. The van der Waals surface area contributed by atoms with Crippen molar-refractivity contribution < 1.29 is 9.59 Å². The van der Waals surface area contributed by atoms with Crippen molar-refractivity contribution in [3.63, 3.8) is 0 Å². The van der Waals surface area contributed by atoms with Crippen molar-refractivity contribution in [1.82, 2.24) is 10.3 Å². The minimum Gasteiger partial charge on any atom is -0.366 e. The molecule has 0 fully saturated rings. The summed E-state index contributed by atoms with van der Waals surface area (Å²) in [5, 5.41) is 3.21. The first-order chi connectivity index (χ1) is 15.9. The van der Waals surface area contributed by atoms with Gasteiger partial charge >= 0.3 is 0 Å². The Morgan fingerprint density at radius 3 is 2.76 bits per heavy atom. The van der Waals surface area contributed by atoms with Gasteiger partial charge in [0.05, 0.1) is 22.2 Å². The van der Waals surface area contributed by atoms with Crippen LogP contribution in [0.15, 0.2) is 36.4 Å². The number of carbonyl (C=O) groups excluding carboxylic acids is 2. The van der Waals surface area contributed by atoms with Gasteiger partial charge in [-0.25, -0.2) is 0 Å². The molecule has 0 spiro atoms. The van der Waals surface area contributed by atoms with Gasteiger partial charge < -0.3 is 11.1 Å². The number of nitrogens with zero attached hydrogens (tertiary/aromatic N) is 1. The van der Waals surface area contributed by atoms with E-state index in [0.717, 1.165) is 59.5 Å². The molecule has 3 aromatic rings. The van der Waals surface area contributed by atoms with Gasteiger partial charge in [0.25, 0.3) is 11.8 Å². The summed E-state index contributed by atoms with van der Waals surface area (Å²) >= 11 is 1.44. The van der Waals surface area contributed by atoms with Crippen LogP contribution in [0.25, 0.3) is 10.4 Å². The Morgan fingerprint density at radius 1 is 1.15 bits per heavy atom. The third-order valence-corrected chi connectivity index (χ3v) is 7.76. The number of rotatable bonds is 6. The largest absolute Gasteiger partial charge is 0.366 e. The summed E-state index contributed by atoms with van der Waals surface area (Å²) < 4.78 is 0. The van der Waals surface area contributed by atoms with Crippen molar-refractivity contribution >= 4 is 23.2 Å². The summed E-state index contributed by atoms with van der Waals surface area (Å²) in [6, 6.07) is 12.2. The molecule has 0 radical (unpaired) electrons. The molecule has 6 heteroatoms. The molecule has 0 saturated carbocycles. The first-order valence-electron chi connectivity index (χ1n) is 11.8. The molecule has 170 valence electrons. The van der Waals surface area contributed by atoms with E-state index in [1.54, 1.807) is 0 Å². The SMILES string of the molecule is CC(C)Cc1nc2c(c(-c3ccc(C(=O)NC4CCc5ccccc54)s3)c1C(N)=O)CCC2. The van der Waals surface area contributed by atoms with Crippen molar-refractivity contribution in [2.24, 2.45) is 11.7 Å². The molecule has 2 amide bonds. The number of aromatic nitrogens is 1. The van der Waals surface area contributed by atoms with Crippen molar-refractivity contribution in [3.8, 4) is 10.4 Å². The molecular weight excluding hydrogens is 430 g/mol. The van der Waals surface area contributed by atoms with E-state index in [4.69, 9.17) is 10.7 Å². The van der Waals surface area contributed by atoms with Gasteiger partial charge in [0.1, 0.15) is 0 Å². The zero-order valence-corrected chi connectivity index (χ0v) is 19.9. The van der Waals surface area contributed by atoms with Gasteiger partial charge in [0.15, 0.2) is 0 Å². The summed E-state index contributed by atoms with van der Waals surface area (Å²) in [7, 11) is 0.